The molecule has 1 N–H and O–H groups in total. The maximum Gasteiger partial charge on any atom is 0.227 e. The molecule has 0 aliphatic carbocycles. The average molecular weight is 409 g/mol. The van der Waals surface area contributed by atoms with E-state index in [9.17, 15) is 9.18 Å². The second-order valence-electron chi connectivity index (χ2n) is 8.74. The molecule has 3 heterocycles. The summed E-state index contributed by atoms with van der Waals surface area (Å²) in [4.78, 5) is 13.0. The molecular weight excluding hydrogens is 381 g/mol. The summed E-state index contributed by atoms with van der Waals surface area (Å²) in [6, 6.07) is 5.44. The second-order valence-corrected chi connectivity index (χ2v) is 8.74. The third-order valence-corrected chi connectivity index (χ3v) is 5.56. The van der Waals surface area contributed by atoms with Crippen molar-refractivity contribution in [3.05, 3.63) is 35.6 Å². The summed E-state index contributed by atoms with van der Waals surface area (Å²) in [5.41, 5.74) is 0.724. The number of hydrogen-bond donors (Lipinski definition) is 1. The number of benzene rings is 1. The molecule has 7 nitrogen and oxygen atoms in total. The first-order valence-corrected chi connectivity index (χ1v) is 9.93. The third kappa shape index (κ3) is 4.18. The van der Waals surface area contributed by atoms with E-state index in [-0.39, 0.29) is 17.8 Å². The Balaban J connectivity index is 1.52. The lowest BCUT2D eigenvalue weighted by molar-refractivity contribution is -0.223. The van der Waals surface area contributed by atoms with Crippen LogP contribution in [-0.2, 0) is 28.5 Å². The first kappa shape index (κ1) is 20.7. The molecule has 4 rings (SSSR count). The van der Waals surface area contributed by atoms with Gasteiger partial charge in [-0.05, 0) is 52.3 Å². The molecule has 0 saturated carbocycles. The molecule has 0 aromatic heterocycles. The molecule has 3 saturated heterocycles. The van der Waals surface area contributed by atoms with Gasteiger partial charge in [0.2, 0.25) is 5.91 Å². The largest absolute Gasteiger partial charge is 0.348 e. The minimum atomic E-state index is -0.807. The summed E-state index contributed by atoms with van der Waals surface area (Å²) in [5.74, 6) is -2.54. The van der Waals surface area contributed by atoms with Crippen LogP contribution in [0.15, 0.2) is 24.3 Å². The highest BCUT2D eigenvalue weighted by Crippen LogP contribution is 2.41. The Morgan fingerprint density at radius 3 is 2.38 bits per heavy atom. The number of ether oxygens (including phenoxy) is 5. The molecule has 3 fully saturated rings. The van der Waals surface area contributed by atoms with Crippen molar-refractivity contribution in [1.29, 1.82) is 0 Å². The molecular formula is C21H28FNO6. The number of carbonyl (C=O) groups excluding carboxylic acids is 1. The van der Waals surface area contributed by atoms with Gasteiger partial charge in [-0.2, -0.15) is 0 Å². The van der Waals surface area contributed by atoms with Crippen molar-refractivity contribution in [2.45, 2.75) is 82.8 Å². The maximum absolute atomic E-state index is 13.2. The molecule has 8 heteroatoms. The Kier molecular flexibility index (Phi) is 5.19. The van der Waals surface area contributed by atoms with E-state index in [1.165, 1.54) is 12.1 Å². The van der Waals surface area contributed by atoms with Gasteiger partial charge in [-0.25, -0.2) is 4.39 Å². The lowest BCUT2D eigenvalue weighted by Crippen LogP contribution is -2.53. The predicted molar refractivity (Wildman–Crippen MR) is 100 cm³/mol. The van der Waals surface area contributed by atoms with Gasteiger partial charge in [0, 0.05) is 0 Å². The number of hydrogen-bond acceptors (Lipinski definition) is 6. The standard InChI is InChI=1S/C21H28FNO6/c1-11(12-6-8-13(22)9-7-12)18(24)23-15-16(14-10-25-20(2,3)27-14)26-19-17(15)28-21(4,5)29-19/h6-9,11,14-17,19H,10H2,1-5H3,(H,23,24)/t11?,14-,15-,16-,17-,19-/m1/s1. The van der Waals surface area contributed by atoms with Crippen LogP contribution < -0.4 is 5.32 Å². The first-order chi connectivity index (χ1) is 13.5. The van der Waals surface area contributed by atoms with Gasteiger partial charge in [0.25, 0.3) is 0 Å². The molecule has 1 unspecified atom stereocenters. The quantitative estimate of drug-likeness (QED) is 0.823. The van der Waals surface area contributed by atoms with Crippen molar-refractivity contribution in [2.24, 2.45) is 0 Å². The summed E-state index contributed by atoms with van der Waals surface area (Å²) in [6.45, 7) is 9.41. The van der Waals surface area contributed by atoms with Crippen LogP contribution in [0.3, 0.4) is 0 Å². The summed E-state index contributed by atoms with van der Waals surface area (Å²) >= 11 is 0. The van der Waals surface area contributed by atoms with Crippen LogP contribution in [0, 0.1) is 5.82 Å². The van der Waals surface area contributed by atoms with Gasteiger partial charge in [-0.3, -0.25) is 4.79 Å². The van der Waals surface area contributed by atoms with E-state index >= 15 is 0 Å². The van der Waals surface area contributed by atoms with Crippen LogP contribution >= 0.6 is 0 Å². The van der Waals surface area contributed by atoms with Crippen molar-refractivity contribution >= 4 is 5.91 Å². The van der Waals surface area contributed by atoms with Crippen LogP contribution in [-0.4, -0.2) is 54.7 Å². The molecule has 0 radical (unpaired) electrons. The Morgan fingerprint density at radius 2 is 1.76 bits per heavy atom. The summed E-state index contributed by atoms with van der Waals surface area (Å²) < 4.78 is 42.8. The molecule has 29 heavy (non-hydrogen) atoms. The SMILES string of the molecule is CC(C(=O)N[C@H]1[C@H]2OC(C)(C)O[C@H]2O[C@@H]1[C@H]1COC(C)(C)O1)c1ccc(F)cc1. The van der Waals surface area contributed by atoms with Crippen molar-refractivity contribution in [2.75, 3.05) is 6.61 Å². The van der Waals surface area contributed by atoms with E-state index < -0.39 is 42.0 Å². The highest BCUT2D eigenvalue weighted by atomic mass is 19.1. The van der Waals surface area contributed by atoms with Crippen LogP contribution in [0.25, 0.3) is 0 Å². The number of rotatable bonds is 4. The van der Waals surface area contributed by atoms with E-state index in [4.69, 9.17) is 23.7 Å². The summed E-state index contributed by atoms with van der Waals surface area (Å²) in [5, 5.41) is 3.06. The lowest BCUT2D eigenvalue weighted by atomic mass is 9.97. The predicted octanol–water partition coefficient (Wildman–Crippen LogP) is 2.44. The molecule has 1 amide bonds. The number of halogens is 1. The zero-order valence-electron chi connectivity index (χ0n) is 17.3. The van der Waals surface area contributed by atoms with Gasteiger partial charge in [0.05, 0.1) is 18.6 Å². The Morgan fingerprint density at radius 1 is 1.07 bits per heavy atom. The van der Waals surface area contributed by atoms with Gasteiger partial charge in [-0.1, -0.05) is 12.1 Å². The van der Waals surface area contributed by atoms with E-state index in [0.717, 1.165) is 5.56 Å². The summed E-state index contributed by atoms with van der Waals surface area (Å²) in [7, 11) is 0. The fraction of sp³-hybridized carbons (Fsp3) is 0.667. The van der Waals surface area contributed by atoms with E-state index in [1.54, 1.807) is 19.1 Å². The fourth-order valence-electron chi connectivity index (χ4n) is 4.08. The molecule has 3 aliphatic rings. The smallest absolute Gasteiger partial charge is 0.227 e. The molecule has 160 valence electrons. The van der Waals surface area contributed by atoms with Gasteiger partial charge in [-0.15, -0.1) is 0 Å². The fourth-order valence-corrected chi connectivity index (χ4v) is 4.08. The Hall–Kier alpha value is -1.58. The van der Waals surface area contributed by atoms with E-state index in [2.05, 4.69) is 5.32 Å². The number of amides is 1. The second kappa shape index (κ2) is 7.28. The third-order valence-electron chi connectivity index (χ3n) is 5.56. The molecule has 3 aliphatic heterocycles. The van der Waals surface area contributed by atoms with Crippen LogP contribution in [0.4, 0.5) is 4.39 Å². The van der Waals surface area contributed by atoms with Crippen molar-refractivity contribution < 1.29 is 32.9 Å². The molecule has 6 atom stereocenters. The highest BCUT2D eigenvalue weighted by Gasteiger charge is 2.58. The molecule has 1 aromatic carbocycles. The van der Waals surface area contributed by atoms with Gasteiger partial charge in [0.15, 0.2) is 17.9 Å². The Labute approximate surface area is 169 Å². The molecule has 0 bridgehead atoms. The maximum atomic E-state index is 13.2. The number of fused-ring (bicyclic) bond motifs is 1. The lowest BCUT2D eigenvalue weighted by Gasteiger charge is -2.30. The average Bonchev–Trinajstić information content (AvgIpc) is 3.25. The Bertz CT molecular complexity index is 767. The molecule has 1 aromatic rings. The van der Waals surface area contributed by atoms with Crippen LogP contribution in [0.5, 0.6) is 0 Å². The van der Waals surface area contributed by atoms with Gasteiger partial charge >= 0.3 is 0 Å². The zero-order valence-corrected chi connectivity index (χ0v) is 17.3. The monoisotopic (exact) mass is 409 g/mol. The topological polar surface area (TPSA) is 75.3 Å². The normalized spacial score (nSPS) is 36.0. The first-order valence-electron chi connectivity index (χ1n) is 9.93. The van der Waals surface area contributed by atoms with E-state index in [0.29, 0.717) is 6.61 Å². The number of carbonyl (C=O) groups is 1. The molecule has 0 spiro atoms. The highest BCUT2D eigenvalue weighted by molar-refractivity contribution is 5.83. The minimum Gasteiger partial charge on any atom is -0.348 e. The van der Waals surface area contributed by atoms with Crippen LogP contribution in [0.1, 0.15) is 46.1 Å². The zero-order chi connectivity index (χ0) is 21.0. The summed E-state index contributed by atoms with van der Waals surface area (Å²) in [6.07, 6.45) is -1.91. The van der Waals surface area contributed by atoms with E-state index in [1.807, 2.05) is 27.7 Å². The van der Waals surface area contributed by atoms with Crippen LogP contribution in [0.2, 0.25) is 0 Å². The van der Waals surface area contributed by atoms with Gasteiger partial charge in [0.1, 0.15) is 24.1 Å². The van der Waals surface area contributed by atoms with Crippen molar-refractivity contribution in [3.8, 4) is 0 Å². The van der Waals surface area contributed by atoms with Crippen molar-refractivity contribution in [3.63, 3.8) is 0 Å². The van der Waals surface area contributed by atoms with Gasteiger partial charge < -0.3 is 29.0 Å². The van der Waals surface area contributed by atoms with Crippen molar-refractivity contribution in [1.82, 2.24) is 5.32 Å². The number of nitrogens with one attached hydrogen (secondary N) is 1. The minimum absolute atomic E-state index is 0.206.